The van der Waals surface area contributed by atoms with E-state index in [0.717, 1.165) is 26.9 Å². The first-order valence-corrected chi connectivity index (χ1v) is 11.1. The zero-order chi connectivity index (χ0) is 21.7. The Kier molecular flexibility index (Phi) is 6.70. The van der Waals surface area contributed by atoms with Crippen LogP contribution >= 0.6 is 23.4 Å². The molecule has 31 heavy (non-hydrogen) atoms. The Morgan fingerprint density at radius 2 is 1.74 bits per heavy atom. The first-order valence-electron chi connectivity index (χ1n) is 9.90. The van der Waals surface area contributed by atoms with Gasteiger partial charge in [0.15, 0.2) is 0 Å². The summed E-state index contributed by atoms with van der Waals surface area (Å²) in [6.07, 6.45) is 0.677. The van der Waals surface area contributed by atoms with Gasteiger partial charge in [0.1, 0.15) is 23.6 Å². The number of rotatable bonds is 8. The van der Waals surface area contributed by atoms with Crippen LogP contribution in [0.4, 0.5) is 4.79 Å². The number of nitrogens with one attached hydrogen (secondary N) is 1. The number of para-hydroxylation sites is 1. The van der Waals surface area contributed by atoms with Gasteiger partial charge in [0.2, 0.25) is 0 Å². The summed E-state index contributed by atoms with van der Waals surface area (Å²) >= 11 is 8.12. The van der Waals surface area contributed by atoms with Gasteiger partial charge in [0.05, 0.1) is 6.61 Å². The first kappa shape index (κ1) is 21.6. The van der Waals surface area contributed by atoms with Crippen molar-refractivity contribution >= 4 is 29.5 Å². The molecule has 7 heteroatoms. The van der Waals surface area contributed by atoms with E-state index in [4.69, 9.17) is 21.1 Å². The van der Waals surface area contributed by atoms with Gasteiger partial charge >= 0.3 is 6.09 Å². The number of carbonyl (C=O) groups excluding carboxylic acids is 1. The Labute approximate surface area is 190 Å². The van der Waals surface area contributed by atoms with Crippen molar-refractivity contribution in [1.82, 2.24) is 5.32 Å². The molecule has 1 aliphatic heterocycles. The van der Waals surface area contributed by atoms with Gasteiger partial charge in [0.25, 0.3) is 0 Å². The predicted molar refractivity (Wildman–Crippen MR) is 121 cm³/mol. The molecule has 5 nitrogen and oxygen atoms in total. The van der Waals surface area contributed by atoms with Crippen LogP contribution < -0.4 is 10.1 Å². The van der Waals surface area contributed by atoms with E-state index in [1.165, 1.54) is 0 Å². The normalized spacial score (nSPS) is 17.8. The molecule has 4 rings (SSSR count). The highest BCUT2D eigenvalue weighted by Crippen LogP contribution is 2.33. The summed E-state index contributed by atoms with van der Waals surface area (Å²) in [7, 11) is 0. The smallest absolute Gasteiger partial charge is 0.407 e. The minimum absolute atomic E-state index is 0.165. The number of amides is 1. The van der Waals surface area contributed by atoms with Gasteiger partial charge in [-0.2, -0.15) is 0 Å². The number of aryl methyl sites for hydroxylation is 1. The lowest BCUT2D eigenvalue weighted by Gasteiger charge is -2.23. The van der Waals surface area contributed by atoms with Crippen LogP contribution in [-0.4, -0.2) is 30.0 Å². The van der Waals surface area contributed by atoms with E-state index in [0.29, 0.717) is 17.9 Å². The van der Waals surface area contributed by atoms with Gasteiger partial charge in [-0.25, -0.2) is 4.79 Å². The number of aliphatic hydroxyl groups is 1. The molecule has 3 aromatic rings. The maximum Gasteiger partial charge on any atom is 0.407 e. The fourth-order valence-corrected chi connectivity index (χ4v) is 4.49. The van der Waals surface area contributed by atoms with Gasteiger partial charge in [0, 0.05) is 14.8 Å². The molecular weight excluding hydrogens is 434 g/mol. The van der Waals surface area contributed by atoms with E-state index in [-0.39, 0.29) is 13.2 Å². The Morgan fingerprint density at radius 1 is 1.03 bits per heavy atom. The number of benzene rings is 3. The number of hydrogen-bond donors (Lipinski definition) is 2. The molecule has 1 fully saturated rings. The zero-order valence-corrected chi connectivity index (χ0v) is 18.3. The minimum atomic E-state index is -0.739. The summed E-state index contributed by atoms with van der Waals surface area (Å²) < 4.78 is 10.8. The molecular formula is C24H22ClNO4S. The minimum Gasteiger partial charge on any atom is -0.457 e. The van der Waals surface area contributed by atoms with Crippen LogP contribution in [0.25, 0.3) is 0 Å². The van der Waals surface area contributed by atoms with Crippen molar-refractivity contribution in [3.05, 3.63) is 83.4 Å². The van der Waals surface area contributed by atoms with Gasteiger partial charge in [-0.05, 0) is 66.9 Å². The van der Waals surface area contributed by atoms with Crippen molar-refractivity contribution in [1.29, 1.82) is 0 Å². The number of cyclic esters (lactones) is 1. The SMILES string of the molecule is O=C1NC(CO)(CCc2ccc(Sc3ccc(Oc4ccccc4)cc3)cc2Cl)CO1. The highest BCUT2D eigenvalue weighted by atomic mass is 35.5. The Balaban J connectivity index is 1.36. The van der Waals surface area contributed by atoms with Gasteiger partial charge < -0.3 is 19.9 Å². The second-order valence-electron chi connectivity index (χ2n) is 7.38. The third kappa shape index (κ3) is 5.53. The molecule has 0 aromatic heterocycles. The Hall–Kier alpha value is -2.67. The number of alkyl carbamates (subject to hydrolysis) is 1. The molecule has 2 N–H and O–H groups in total. The molecule has 1 aliphatic rings. The molecule has 1 heterocycles. The fraction of sp³-hybridized carbons (Fsp3) is 0.208. The van der Waals surface area contributed by atoms with Gasteiger partial charge in [-0.15, -0.1) is 0 Å². The summed E-state index contributed by atoms with van der Waals surface area (Å²) in [4.78, 5) is 13.5. The van der Waals surface area contributed by atoms with Gasteiger partial charge in [-0.3, -0.25) is 0 Å². The number of halogens is 1. The first-order chi connectivity index (χ1) is 15.0. The standard InChI is InChI=1S/C24H22ClNO4S/c25-22-14-21(9-6-17(22)12-13-24(15-27)16-29-23(28)26-24)31-20-10-7-19(8-11-20)30-18-4-2-1-3-5-18/h1-11,14,27H,12-13,15-16H2,(H,26,28). The van der Waals surface area contributed by atoms with E-state index in [2.05, 4.69) is 5.32 Å². The molecule has 0 aliphatic carbocycles. The Morgan fingerprint density at radius 3 is 2.39 bits per heavy atom. The topological polar surface area (TPSA) is 67.8 Å². The summed E-state index contributed by atoms with van der Waals surface area (Å²) in [5.74, 6) is 1.58. The summed E-state index contributed by atoms with van der Waals surface area (Å²) in [5, 5.41) is 13.0. The lowest BCUT2D eigenvalue weighted by Crippen LogP contribution is -2.47. The molecule has 1 saturated heterocycles. The van der Waals surface area contributed by atoms with Crippen molar-refractivity contribution in [2.24, 2.45) is 0 Å². The molecule has 1 unspecified atom stereocenters. The molecule has 3 aromatic carbocycles. The summed E-state index contributed by atoms with van der Waals surface area (Å²) in [6.45, 7) is -0.00779. The molecule has 1 amide bonds. The van der Waals surface area contributed by atoms with Crippen molar-refractivity contribution in [3.8, 4) is 11.5 Å². The summed E-state index contributed by atoms with van der Waals surface area (Å²) in [6, 6.07) is 23.5. The highest BCUT2D eigenvalue weighted by molar-refractivity contribution is 7.99. The monoisotopic (exact) mass is 455 g/mol. The van der Waals surface area contributed by atoms with Crippen LogP contribution in [0.15, 0.2) is 82.6 Å². The number of hydrogen-bond acceptors (Lipinski definition) is 5. The van der Waals surface area contributed by atoms with Crippen LogP contribution in [0.2, 0.25) is 5.02 Å². The van der Waals surface area contributed by atoms with E-state index >= 15 is 0 Å². The van der Waals surface area contributed by atoms with Crippen LogP contribution in [-0.2, 0) is 11.2 Å². The summed E-state index contributed by atoms with van der Waals surface area (Å²) in [5.41, 5.74) is 0.226. The molecule has 160 valence electrons. The average Bonchev–Trinajstić information content (AvgIpc) is 3.17. The second-order valence-corrected chi connectivity index (χ2v) is 8.94. The third-order valence-electron chi connectivity index (χ3n) is 5.09. The zero-order valence-electron chi connectivity index (χ0n) is 16.7. The van der Waals surface area contributed by atoms with Crippen LogP contribution in [0, 0.1) is 0 Å². The van der Waals surface area contributed by atoms with Crippen molar-refractivity contribution in [2.75, 3.05) is 13.2 Å². The molecule has 0 spiro atoms. The molecule has 0 saturated carbocycles. The fourth-order valence-electron chi connectivity index (χ4n) is 3.30. The van der Waals surface area contributed by atoms with Crippen LogP contribution in [0.1, 0.15) is 12.0 Å². The molecule has 0 bridgehead atoms. The van der Waals surface area contributed by atoms with Crippen LogP contribution in [0.5, 0.6) is 11.5 Å². The van der Waals surface area contributed by atoms with E-state index in [1.807, 2.05) is 72.8 Å². The largest absolute Gasteiger partial charge is 0.457 e. The average molecular weight is 456 g/mol. The van der Waals surface area contributed by atoms with Crippen molar-refractivity contribution in [2.45, 2.75) is 28.2 Å². The lowest BCUT2D eigenvalue weighted by molar-refractivity contribution is 0.140. The Bertz CT molecular complexity index is 1050. The number of carbonyl (C=O) groups is 1. The maximum absolute atomic E-state index is 11.3. The maximum atomic E-state index is 11.3. The third-order valence-corrected chi connectivity index (χ3v) is 6.43. The lowest BCUT2D eigenvalue weighted by atomic mass is 9.93. The number of aliphatic hydroxyl groups excluding tert-OH is 1. The number of ether oxygens (including phenoxy) is 2. The second kappa shape index (κ2) is 9.64. The van der Waals surface area contributed by atoms with Crippen molar-refractivity contribution in [3.63, 3.8) is 0 Å². The van der Waals surface area contributed by atoms with E-state index in [9.17, 15) is 9.90 Å². The van der Waals surface area contributed by atoms with Crippen LogP contribution in [0.3, 0.4) is 0 Å². The molecule has 0 radical (unpaired) electrons. The molecule has 1 atom stereocenters. The quantitative estimate of drug-likeness (QED) is 0.457. The van der Waals surface area contributed by atoms with E-state index in [1.54, 1.807) is 11.8 Å². The predicted octanol–water partition coefficient (Wildman–Crippen LogP) is 5.69. The van der Waals surface area contributed by atoms with Gasteiger partial charge in [-0.1, -0.05) is 47.6 Å². The highest BCUT2D eigenvalue weighted by Gasteiger charge is 2.38. The van der Waals surface area contributed by atoms with E-state index < -0.39 is 11.6 Å². The van der Waals surface area contributed by atoms with Crippen molar-refractivity contribution < 1.29 is 19.4 Å².